The maximum absolute atomic E-state index is 12.9. The van der Waals surface area contributed by atoms with Crippen LogP contribution in [0.25, 0.3) is 5.57 Å². The summed E-state index contributed by atoms with van der Waals surface area (Å²) >= 11 is 0. The van der Waals surface area contributed by atoms with Crippen LogP contribution in [0.5, 0.6) is 11.5 Å². The van der Waals surface area contributed by atoms with Gasteiger partial charge in [-0.2, -0.15) is 0 Å². The van der Waals surface area contributed by atoms with Gasteiger partial charge in [0.05, 0.1) is 13.2 Å². The Morgan fingerprint density at radius 3 is 2.55 bits per heavy atom. The number of quaternary nitrogens is 1. The van der Waals surface area contributed by atoms with Gasteiger partial charge in [0.1, 0.15) is 6.04 Å². The van der Waals surface area contributed by atoms with Crippen molar-refractivity contribution in [1.82, 2.24) is 4.90 Å². The topological polar surface area (TPSA) is 55.4 Å². The summed E-state index contributed by atoms with van der Waals surface area (Å²) in [5.74, 6) is 2.22. The Bertz CT molecular complexity index is 924. The SMILES string of the molecule is CC(C)C([NH2+]CC(=O)N1CC=C(c2ccccc2)CC1)c1ccc2c(c1)OCCCO2. The van der Waals surface area contributed by atoms with E-state index in [0.717, 1.165) is 30.9 Å². The number of nitrogens with zero attached hydrogens (tertiary/aromatic N) is 1. The minimum atomic E-state index is 0.196. The molecular weight excluding hydrogens is 388 g/mol. The van der Waals surface area contributed by atoms with E-state index in [1.165, 1.54) is 16.7 Å². The van der Waals surface area contributed by atoms with E-state index < -0.39 is 0 Å². The van der Waals surface area contributed by atoms with Crippen LogP contribution in [0.2, 0.25) is 0 Å². The molecule has 0 saturated carbocycles. The molecule has 2 N–H and O–H groups in total. The predicted molar refractivity (Wildman–Crippen MR) is 122 cm³/mol. The molecule has 0 fully saturated rings. The van der Waals surface area contributed by atoms with Crippen molar-refractivity contribution < 1.29 is 19.6 Å². The van der Waals surface area contributed by atoms with E-state index >= 15 is 0 Å². The summed E-state index contributed by atoms with van der Waals surface area (Å²) in [6.07, 6.45) is 4.00. The van der Waals surface area contributed by atoms with Gasteiger partial charge in [-0.25, -0.2) is 0 Å². The number of benzene rings is 2. The molecule has 4 rings (SSSR count). The predicted octanol–water partition coefficient (Wildman–Crippen LogP) is 3.42. The van der Waals surface area contributed by atoms with E-state index in [-0.39, 0.29) is 11.9 Å². The number of ether oxygens (including phenoxy) is 2. The molecule has 0 saturated heterocycles. The average Bonchev–Trinajstić information content (AvgIpc) is 3.04. The summed E-state index contributed by atoms with van der Waals surface area (Å²) < 4.78 is 11.6. The zero-order chi connectivity index (χ0) is 21.6. The van der Waals surface area contributed by atoms with Crippen molar-refractivity contribution in [1.29, 1.82) is 0 Å². The first-order chi connectivity index (χ1) is 15.1. The molecule has 1 unspecified atom stereocenters. The van der Waals surface area contributed by atoms with Gasteiger partial charge in [-0.3, -0.25) is 4.79 Å². The number of carbonyl (C=O) groups is 1. The third kappa shape index (κ3) is 5.28. The lowest BCUT2D eigenvalue weighted by Crippen LogP contribution is -2.88. The van der Waals surface area contributed by atoms with Gasteiger partial charge in [-0.1, -0.05) is 50.3 Å². The van der Waals surface area contributed by atoms with Crippen LogP contribution in [-0.2, 0) is 4.79 Å². The van der Waals surface area contributed by atoms with Gasteiger partial charge in [0.25, 0.3) is 5.91 Å². The summed E-state index contributed by atoms with van der Waals surface area (Å²) in [4.78, 5) is 14.9. The van der Waals surface area contributed by atoms with Crippen molar-refractivity contribution in [3.63, 3.8) is 0 Å². The van der Waals surface area contributed by atoms with Crippen LogP contribution in [0.3, 0.4) is 0 Å². The van der Waals surface area contributed by atoms with Gasteiger partial charge in [0.2, 0.25) is 0 Å². The van der Waals surface area contributed by atoms with Crippen molar-refractivity contribution in [3.05, 3.63) is 65.7 Å². The first-order valence-corrected chi connectivity index (χ1v) is 11.4. The van der Waals surface area contributed by atoms with Crippen molar-refractivity contribution in [2.45, 2.75) is 32.7 Å². The molecule has 1 atom stereocenters. The van der Waals surface area contributed by atoms with E-state index in [1.54, 1.807) is 0 Å². The Hall–Kier alpha value is -2.79. The van der Waals surface area contributed by atoms with E-state index in [1.807, 2.05) is 17.0 Å². The molecule has 0 aliphatic carbocycles. The number of amides is 1. The molecule has 1 amide bonds. The minimum absolute atomic E-state index is 0.196. The number of fused-ring (bicyclic) bond motifs is 1. The smallest absolute Gasteiger partial charge is 0.277 e. The van der Waals surface area contributed by atoms with E-state index in [4.69, 9.17) is 9.47 Å². The quantitative estimate of drug-likeness (QED) is 0.778. The molecule has 0 radical (unpaired) electrons. The first kappa shape index (κ1) is 21.4. The highest BCUT2D eigenvalue weighted by Crippen LogP contribution is 2.33. The van der Waals surface area contributed by atoms with Crippen LogP contribution in [-0.4, -0.2) is 43.7 Å². The first-order valence-electron chi connectivity index (χ1n) is 11.4. The van der Waals surface area contributed by atoms with Crippen molar-refractivity contribution >= 4 is 11.5 Å². The second-order valence-corrected chi connectivity index (χ2v) is 8.65. The Balaban J connectivity index is 1.37. The second-order valence-electron chi connectivity index (χ2n) is 8.65. The van der Waals surface area contributed by atoms with Crippen LogP contribution >= 0.6 is 0 Å². The molecule has 2 aromatic rings. The zero-order valence-electron chi connectivity index (χ0n) is 18.5. The Morgan fingerprint density at radius 2 is 1.84 bits per heavy atom. The van der Waals surface area contributed by atoms with Crippen LogP contribution in [0.15, 0.2) is 54.6 Å². The fourth-order valence-corrected chi connectivity index (χ4v) is 4.35. The molecule has 5 nitrogen and oxygen atoms in total. The monoisotopic (exact) mass is 421 g/mol. The van der Waals surface area contributed by atoms with Crippen LogP contribution < -0.4 is 14.8 Å². The molecule has 2 aliphatic heterocycles. The molecule has 164 valence electrons. The summed E-state index contributed by atoms with van der Waals surface area (Å²) in [6.45, 7) is 7.69. The molecule has 2 heterocycles. The molecule has 0 spiro atoms. The van der Waals surface area contributed by atoms with Gasteiger partial charge in [0.15, 0.2) is 18.0 Å². The minimum Gasteiger partial charge on any atom is -0.490 e. The highest BCUT2D eigenvalue weighted by molar-refractivity contribution is 5.79. The standard InChI is InChI=1S/C26H32N2O3/c1-19(2)26(22-9-10-23-24(17-22)31-16-6-15-30-23)27-18-25(29)28-13-11-21(12-14-28)20-7-4-3-5-8-20/h3-5,7-11,17,19,26-27H,6,12-16,18H2,1-2H3/p+1. The van der Waals surface area contributed by atoms with E-state index in [0.29, 0.717) is 32.2 Å². The van der Waals surface area contributed by atoms with Crippen LogP contribution in [0.4, 0.5) is 0 Å². The average molecular weight is 422 g/mol. The second kappa shape index (κ2) is 10.0. The van der Waals surface area contributed by atoms with Crippen LogP contribution in [0.1, 0.15) is 43.9 Å². The number of hydrogen-bond acceptors (Lipinski definition) is 3. The lowest BCUT2D eigenvalue weighted by molar-refractivity contribution is -0.692. The van der Waals surface area contributed by atoms with Crippen molar-refractivity contribution in [3.8, 4) is 11.5 Å². The van der Waals surface area contributed by atoms with E-state index in [2.05, 4.69) is 61.6 Å². The third-order valence-corrected chi connectivity index (χ3v) is 6.13. The Morgan fingerprint density at radius 1 is 1.06 bits per heavy atom. The molecule has 31 heavy (non-hydrogen) atoms. The van der Waals surface area contributed by atoms with Gasteiger partial charge in [-0.15, -0.1) is 0 Å². The zero-order valence-corrected chi connectivity index (χ0v) is 18.5. The van der Waals surface area contributed by atoms with E-state index in [9.17, 15) is 4.79 Å². The number of nitrogens with two attached hydrogens (primary N) is 1. The maximum Gasteiger partial charge on any atom is 0.277 e. The molecule has 2 aliphatic rings. The highest BCUT2D eigenvalue weighted by atomic mass is 16.5. The third-order valence-electron chi connectivity index (χ3n) is 6.13. The van der Waals surface area contributed by atoms with Gasteiger partial charge in [-0.05, 0) is 35.8 Å². The fraction of sp³-hybridized carbons (Fsp3) is 0.423. The number of carbonyl (C=O) groups excluding carboxylic acids is 1. The molecule has 2 aromatic carbocycles. The van der Waals surface area contributed by atoms with Crippen molar-refractivity contribution in [2.24, 2.45) is 5.92 Å². The van der Waals surface area contributed by atoms with Gasteiger partial charge < -0.3 is 19.7 Å². The fourth-order valence-electron chi connectivity index (χ4n) is 4.35. The maximum atomic E-state index is 12.9. The summed E-state index contributed by atoms with van der Waals surface area (Å²) in [5, 5.41) is 2.17. The molecule has 0 bridgehead atoms. The largest absolute Gasteiger partial charge is 0.490 e. The molecule has 0 aromatic heterocycles. The lowest BCUT2D eigenvalue weighted by Gasteiger charge is -2.27. The highest BCUT2D eigenvalue weighted by Gasteiger charge is 2.25. The summed E-state index contributed by atoms with van der Waals surface area (Å²) in [5.41, 5.74) is 3.77. The van der Waals surface area contributed by atoms with Crippen molar-refractivity contribution in [2.75, 3.05) is 32.8 Å². The van der Waals surface area contributed by atoms with Gasteiger partial charge in [0, 0.05) is 31.0 Å². The number of rotatable bonds is 6. The normalized spacial score (nSPS) is 17.1. The number of hydrogen-bond donors (Lipinski definition) is 1. The van der Waals surface area contributed by atoms with Crippen LogP contribution in [0, 0.1) is 5.92 Å². The summed E-state index contributed by atoms with van der Waals surface area (Å²) in [7, 11) is 0. The Kier molecular flexibility index (Phi) is 6.92. The molecule has 5 heteroatoms. The summed E-state index contributed by atoms with van der Waals surface area (Å²) in [6, 6.07) is 16.8. The Labute approximate surface area is 185 Å². The molecular formula is C26H33N2O3+. The lowest BCUT2D eigenvalue weighted by atomic mass is 9.95. The van der Waals surface area contributed by atoms with Gasteiger partial charge >= 0.3 is 0 Å².